The fourth-order valence-electron chi connectivity index (χ4n) is 2.44. The molecule has 21 heavy (non-hydrogen) atoms. The molecule has 0 amide bonds. The highest BCUT2D eigenvalue weighted by atomic mass is 16.5. The summed E-state index contributed by atoms with van der Waals surface area (Å²) in [5, 5.41) is 9.94. The largest absolute Gasteiger partial charge is 0.388 e. The molecular formula is C17H23N3O. The van der Waals surface area contributed by atoms with Gasteiger partial charge in [0.05, 0.1) is 12.4 Å². The first-order chi connectivity index (χ1) is 10.2. The van der Waals surface area contributed by atoms with Crippen LogP contribution >= 0.6 is 0 Å². The van der Waals surface area contributed by atoms with E-state index < -0.39 is 0 Å². The van der Waals surface area contributed by atoms with Gasteiger partial charge in [-0.05, 0) is 16.3 Å². The monoisotopic (exact) mass is 285 g/mol. The fraction of sp³-hybridized carbons (Fsp3) is 0.353. The first-order valence-corrected chi connectivity index (χ1v) is 7.21. The van der Waals surface area contributed by atoms with Crippen LogP contribution in [0, 0.1) is 5.41 Å². The topological polar surface area (TPSA) is 62.3 Å². The van der Waals surface area contributed by atoms with Crippen molar-refractivity contribution in [2.75, 3.05) is 26.8 Å². The van der Waals surface area contributed by atoms with E-state index in [0.29, 0.717) is 13.0 Å². The SMILES string of the molecule is COCCN(CCC(=N)N)Cc1cccc2ccccc12. The zero-order chi connectivity index (χ0) is 15.1. The van der Waals surface area contributed by atoms with Gasteiger partial charge in [-0.3, -0.25) is 10.3 Å². The van der Waals surface area contributed by atoms with Crippen LogP contribution in [0.25, 0.3) is 10.8 Å². The maximum Gasteiger partial charge on any atom is 0.0918 e. The van der Waals surface area contributed by atoms with Crippen molar-refractivity contribution in [3.63, 3.8) is 0 Å². The van der Waals surface area contributed by atoms with Crippen molar-refractivity contribution in [3.05, 3.63) is 48.0 Å². The summed E-state index contributed by atoms with van der Waals surface area (Å²) in [7, 11) is 1.71. The van der Waals surface area contributed by atoms with Gasteiger partial charge in [-0.2, -0.15) is 0 Å². The smallest absolute Gasteiger partial charge is 0.0918 e. The Bertz CT molecular complexity index is 592. The summed E-state index contributed by atoms with van der Waals surface area (Å²) in [5.74, 6) is 0.232. The van der Waals surface area contributed by atoms with E-state index in [1.807, 2.05) is 0 Å². The number of hydrogen-bond acceptors (Lipinski definition) is 3. The fourth-order valence-corrected chi connectivity index (χ4v) is 2.44. The zero-order valence-corrected chi connectivity index (χ0v) is 12.5. The van der Waals surface area contributed by atoms with Crippen molar-refractivity contribution in [3.8, 4) is 0 Å². The van der Waals surface area contributed by atoms with Crippen LogP contribution in [0.1, 0.15) is 12.0 Å². The minimum absolute atomic E-state index is 0.232. The first kappa shape index (κ1) is 15.5. The maximum absolute atomic E-state index is 7.40. The normalized spacial score (nSPS) is 11.1. The Kier molecular flexibility index (Phi) is 5.72. The minimum Gasteiger partial charge on any atom is -0.388 e. The number of rotatable bonds is 8. The van der Waals surface area contributed by atoms with Gasteiger partial charge in [0, 0.05) is 33.2 Å². The number of hydrogen-bond donors (Lipinski definition) is 2. The molecule has 0 saturated carbocycles. The average Bonchev–Trinajstić information content (AvgIpc) is 2.50. The molecular weight excluding hydrogens is 262 g/mol. The van der Waals surface area contributed by atoms with Crippen molar-refractivity contribution in [1.29, 1.82) is 5.41 Å². The van der Waals surface area contributed by atoms with Gasteiger partial charge < -0.3 is 10.5 Å². The average molecular weight is 285 g/mol. The highest BCUT2D eigenvalue weighted by molar-refractivity contribution is 5.85. The molecule has 0 radical (unpaired) electrons. The van der Waals surface area contributed by atoms with Gasteiger partial charge in [0.2, 0.25) is 0 Å². The van der Waals surface area contributed by atoms with E-state index in [1.165, 1.54) is 16.3 Å². The molecule has 0 spiro atoms. The highest BCUT2D eigenvalue weighted by Gasteiger charge is 2.09. The Morgan fingerprint density at radius 2 is 1.90 bits per heavy atom. The van der Waals surface area contributed by atoms with E-state index in [1.54, 1.807) is 7.11 Å². The summed E-state index contributed by atoms with van der Waals surface area (Å²) in [4.78, 5) is 2.28. The number of fused-ring (bicyclic) bond motifs is 1. The number of nitrogens with zero attached hydrogens (tertiary/aromatic N) is 1. The molecule has 0 bridgehead atoms. The molecule has 0 aliphatic rings. The predicted octanol–water partition coefficient (Wildman–Crippen LogP) is 2.61. The van der Waals surface area contributed by atoms with Crippen LogP contribution in [0.5, 0.6) is 0 Å². The van der Waals surface area contributed by atoms with Gasteiger partial charge >= 0.3 is 0 Å². The summed E-state index contributed by atoms with van der Waals surface area (Å²) in [6.07, 6.45) is 0.592. The van der Waals surface area contributed by atoms with Crippen molar-refractivity contribution in [1.82, 2.24) is 4.90 Å². The maximum atomic E-state index is 7.40. The Hall–Kier alpha value is -1.91. The van der Waals surface area contributed by atoms with E-state index in [4.69, 9.17) is 15.9 Å². The number of nitrogens with one attached hydrogen (secondary N) is 1. The van der Waals surface area contributed by atoms with Crippen LogP contribution in [-0.2, 0) is 11.3 Å². The Morgan fingerprint density at radius 1 is 1.14 bits per heavy atom. The van der Waals surface area contributed by atoms with E-state index >= 15 is 0 Å². The molecule has 0 aliphatic carbocycles. The second-order valence-electron chi connectivity index (χ2n) is 5.18. The third-order valence-corrected chi connectivity index (χ3v) is 3.58. The quantitative estimate of drug-likeness (QED) is 0.579. The molecule has 0 atom stereocenters. The minimum atomic E-state index is 0.232. The molecule has 0 aromatic heterocycles. The summed E-state index contributed by atoms with van der Waals surface area (Å²) in [6.45, 7) is 3.15. The molecule has 2 rings (SSSR count). The van der Waals surface area contributed by atoms with Gasteiger partial charge in [0.15, 0.2) is 0 Å². The zero-order valence-electron chi connectivity index (χ0n) is 12.5. The lowest BCUT2D eigenvalue weighted by Crippen LogP contribution is -2.30. The molecule has 112 valence electrons. The number of ether oxygens (including phenoxy) is 1. The molecule has 2 aromatic rings. The molecule has 0 unspecified atom stereocenters. The van der Waals surface area contributed by atoms with Crippen LogP contribution in [0.2, 0.25) is 0 Å². The van der Waals surface area contributed by atoms with Crippen LogP contribution in [0.4, 0.5) is 0 Å². The summed E-state index contributed by atoms with van der Waals surface area (Å²) < 4.78 is 5.18. The molecule has 3 N–H and O–H groups in total. The molecule has 0 aliphatic heterocycles. The van der Waals surface area contributed by atoms with E-state index in [2.05, 4.69) is 47.4 Å². The number of benzene rings is 2. The first-order valence-electron chi connectivity index (χ1n) is 7.21. The van der Waals surface area contributed by atoms with Gasteiger partial charge in [-0.15, -0.1) is 0 Å². The Labute approximate surface area is 126 Å². The molecule has 2 aromatic carbocycles. The molecule has 0 saturated heterocycles. The Morgan fingerprint density at radius 3 is 2.67 bits per heavy atom. The summed E-state index contributed by atoms with van der Waals surface area (Å²) in [6, 6.07) is 14.8. The predicted molar refractivity (Wildman–Crippen MR) is 87.6 cm³/mol. The van der Waals surface area contributed by atoms with Crippen LogP contribution < -0.4 is 5.73 Å². The lowest BCUT2D eigenvalue weighted by Gasteiger charge is -2.22. The van der Waals surface area contributed by atoms with Gasteiger partial charge in [0.25, 0.3) is 0 Å². The Balaban J connectivity index is 2.15. The molecule has 0 fully saturated rings. The van der Waals surface area contributed by atoms with Crippen LogP contribution in [0.15, 0.2) is 42.5 Å². The molecule has 4 heteroatoms. The van der Waals surface area contributed by atoms with Crippen LogP contribution in [-0.4, -0.2) is 37.5 Å². The van der Waals surface area contributed by atoms with Crippen molar-refractivity contribution >= 4 is 16.6 Å². The second-order valence-corrected chi connectivity index (χ2v) is 5.18. The van der Waals surface area contributed by atoms with Gasteiger partial charge in [0.1, 0.15) is 0 Å². The van der Waals surface area contributed by atoms with Crippen molar-refractivity contribution < 1.29 is 4.74 Å². The van der Waals surface area contributed by atoms with E-state index in [0.717, 1.165) is 19.6 Å². The highest BCUT2D eigenvalue weighted by Crippen LogP contribution is 2.20. The standard InChI is InChI=1S/C17H23N3O/c1-21-12-11-20(10-9-17(18)19)13-15-7-4-6-14-5-2-3-8-16(14)15/h2-8H,9-13H2,1H3,(H3,18,19). The van der Waals surface area contributed by atoms with Crippen molar-refractivity contribution in [2.24, 2.45) is 5.73 Å². The van der Waals surface area contributed by atoms with Gasteiger partial charge in [-0.1, -0.05) is 42.5 Å². The van der Waals surface area contributed by atoms with Gasteiger partial charge in [-0.25, -0.2) is 0 Å². The molecule has 0 heterocycles. The summed E-state index contributed by atoms with van der Waals surface area (Å²) in [5.41, 5.74) is 6.78. The number of methoxy groups -OCH3 is 1. The third-order valence-electron chi connectivity index (χ3n) is 3.58. The van der Waals surface area contributed by atoms with E-state index in [-0.39, 0.29) is 5.84 Å². The third kappa shape index (κ3) is 4.55. The molecule has 4 nitrogen and oxygen atoms in total. The lowest BCUT2D eigenvalue weighted by atomic mass is 10.0. The van der Waals surface area contributed by atoms with Crippen LogP contribution in [0.3, 0.4) is 0 Å². The summed E-state index contributed by atoms with van der Waals surface area (Å²) >= 11 is 0. The van der Waals surface area contributed by atoms with E-state index in [9.17, 15) is 0 Å². The number of nitrogens with two attached hydrogens (primary N) is 1. The van der Waals surface area contributed by atoms with Crippen molar-refractivity contribution in [2.45, 2.75) is 13.0 Å². The lowest BCUT2D eigenvalue weighted by molar-refractivity contribution is 0.146. The second kappa shape index (κ2) is 7.76. The number of amidine groups is 1.